The van der Waals surface area contributed by atoms with Gasteiger partial charge in [0.1, 0.15) is 5.75 Å². The number of anilines is 4. The number of methoxy groups -OCH3 is 1. The number of nitroso groups, excluding NO2 is 1. The first kappa shape index (κ1) is 15.4. The summed E-state index contributed by atoms with van der Waals surface area (Å²) in [4.78, 5) is 19.3. The van der Waals surface area contributed by atoms with Gasteiger partial charge in [0.05, 0.1) is 13.3 Å². The van der Waals surface area contributed by atoms with Crippen LogP contribution < -0.4 is 15.4 Å². The molecule has 0 amide bonds. The highest BCUT2D eigenvalue weighted by molar-refractivity contribution is 5.69. The van der Waals surface area contributed by atoms with Crippen molar-refractivity contribution in [3.05, 3.63) is 47.6 Å². The van der Waals surface area contributed by atoms with E-state index in [1.54, 1.807) is 48.3 Å². The molecule has 24 heavy (non-hydrogen) atoms. The van der Waals surface area contributed by atoms with E-state index in [1.165, 1.54) is 6.20 Å². The Labute approximate surface area is 137 Å². The molecule has 3 rings (SSSR count). The summed E-state index contributed by atoms with van der Waals surface area (Å²) in [6, 6.07) is 8.99. The molecule has 122 valence electrons. The van der Waals surface area contributed by atoms with Crippen LogP contribution in [0.3, 0.4) is 0 Å². The molecule has 2 N–H and O–H groups in total. The highest BCUT2D eigenvalue weighted by Gasteiger charge is 2.09. The quantitative estimate of drug-likeness (QED) is 0.671. The summed E-state index contributed by atoms with van der Waals surface area (Å²) in [5.74, 6) is 1.93. The minimum atomic E-state index is 0.109. The number of aryl methyl sites for hydroxylation is 1. The average Bonchev–Trinajstić information content (AvgIpc) is 3.01. The molecule has 0 bridgehead atoms. The summed E-state index contributed by atoms with van der Waals surface area (Å²) in [7, 11) is 3.40. The topological polar surface area (TPSA) is 106 Å². The van der Waals surface area contributed by atoms with Crippen LogP contribution in [0.25, 0.3) is 0 Å². The number of hydrogen-bond donors (Lipinski definition) is 2. The van der Waals surface area contributed by atoms with Gasteiger partial charge >= 0.3 is 0 Å². The highest BCUT2D eigenvalue weighted by Crippen LogP contribution is 2.27. The number of nitrogens with zero attached hydrogens (tertiary/aromatic N) is 5. The van der Waals surface area contributed by atoms with Crippen LogP contribution >= 0.6 is 0 Å². The van der Waals surface area contributed by atoms with Crippen LogP contribution in [0.5, 0.6) is 5.75 Å². The third kappa shape index (κ3) is 3.46. The summed E-state index contributed by atoms with van der Waals surface area (Å²) in [5, 5.41) is 13.1. The molecule has 0 aliphatic rings. The Balaban J connectivity index is 1.84. The minimum Gasteiger partial charge on any atom is -0.497 e. The Morgan fingerprint density at radius 3 is 2.58 bits per heavy atom. The zero-order chi connectivity index (χ0) is 16.9. The molecule has 9 heteroatoms. The molecule has 2 aromatic heterocycles. The van der Waals surface area contributed by atoms with Gasteiger partial charge in [0.15, 0.2) is 17.3 Å². The van der Waals surface area contributed by atoms with Crippen LogP contribution in [0.1, 0.15) is 0 Å². The molecule has 0 aliphatic heterocycles. The number of nitrogens with one attached hydrogen (secondary N) is 2. The van der Waals surface area contributed by atoms with Gasteiger partial charge in [-0.2, -0.15) is 10.1 Å². The molecular formula is C15H15N7O2. The predicted octanol–water partition coefficient (Wildman–Crippen LogP) is 3.10. The van der Waals surface area contributed by atoms with E-state index >= 15 is 0 Å². The lowest BCUT2D eigenvalue weighted by atomic mass is 10.3. The average molecular weight is 325 g/mol. The molecule has 0 spiro atoms. The van der Waals surface area contributed by atoms with Crippen molar-refractivity contribution in [1.29, 1.82) is 0 Å². The second kappa shape index (κ2) is 6.73. The monoisotopic (exact) mass is 325 g/mol. The smallest absolute Gasteiger partial charge is 0.230 e. The summed E-state index contributed by atoms with van der Waals surface area (Å²) in [6.45, 7) is 0. The first-order valence-electron chi connectivity index (χ1n) is 7.06. The van der Waals surface area contributed by atoms with Gasteiger partial charge in [-0.1, -0.05) is 0 Å². The van der Waals surface area contributed by atoms with E-state index in [4.69, 9.17) is 4.74 Å². The number of hydrogen-bond acceptors (Lipinski definition) is 8. The Morgan fingerprint density at radius 2 is 1.96 bits per heavy atom. The Hall–Kier alpha value is -3.49. The number of ether oxygens (including phenoxy) is 1. The molecule has 0 atom stereocenters. The lowest BCUT2D eigenvalue weighted by Gasteiger charge is -2.09. The van der Waals surface area contributed by atoms with Crippen molar-refractivity contribution in [2.24, 2.45) is 12.2 Å². The SMILES string of the molecule is COc1ccc(Nc2nc(Nc3ccn(C)n3)ncc2N=O)cc1. The van der Waals surface area contributed by atoms with Crippen molar-refractivity contribution in [1.82, 2.24) is 19.7 Å². The zero-order valence-electron chi connectivity index (χ0n) is 13.1. The van der Waals surface area contributed by atoms with Crippen LogP contribution in [0.4, 0.5) is 29.0 Å². The minimum absolute atomic E-state index is 0.109. The summed E-state index contributed by atoms with van der Waals surface area (Å²) in [5.41, 5.74) is 0.848. The second-order valence-corrected chi connectivity index (χ2v) is 4.87. The van der Waals surface area contributed by atoms with E-state index in [-0.39, 0.29) is 5.69 Å². The van der Waals surface area contributed by atoms with E-state index in [0.717, 1.165) is 11.4 Å². The molecule has 0 unspecified atom stereocenters. The van der Waals surface area contributed by atoms with Gasteiger partial charge in [-0.15, -0.1) is 4.91 Å². The molecule has 0 aliphatic carbocycles. The zero-order valence-corrected chi connectivity index (χ0v) is 13.1. The number of rotatable bonds is 6. The van der Waals surface area contributed by atoms with Crippen LogP contribution in [-0.4, -0.2) is 26.9 Å². The van der Waals surface area contributed by atoms with Gasteiger partial charge < -0.3 is 15.4 Å². The molecule has 2 heterocycles. The number of aromatic nitrogens is 4. The molecule has 0 saturated carbocycles. The Morgan fingerprint density at radius 1 is 1.17 bits per heavy atom. The molecule has 0 saturated heterocycles. The standard InChI is InChI=1S/C15H15N7O2/c1-22-8-7-13(20-22)18-15-16-9-12(21-23)14(19-15)17-10-3-5-11(24-2)6-4-10/h3-9H,1-2H3,(H2,16,17,18,19,20). The second-order valence-electron chi connectivity index (χ2n) is 4.87. The third-order valence-corrected chi connectivity index (χ3v) is 3.17. The Bertz CT molecular complexity index is 845. The molecule has 0 radical (unpaired) electrons. The van der Waals surface area contributed by atoms with E-state index in [1.807, 2.05) is 7.05 Å². The van der Waals surface area contributed by atoms with E-state index < -0.39 is 0 Å². The summed E-state index contributed by atoms with van der Waals surface area (Å²) in [6.07, 6.45) is 3.14. The molecule has 9 nitrogen and oxygen atoms in total. The molecule has 0 fully saturated rings. The van der Waals surface area contributed by atoms with Crippen LogP contribution in [0.2, 0.25) is 0 Å². The van der Waals surface area contributed by atoms with Crippen molar-refractivity contribution < 1.29 is 4.74 Å². The van der Waals surface area contributed by atoms with Crippen LogP contribution in [-0.2, 0) is 7.05 Å². The van der Waals surface area contributed by atoms with Crippen molar-refractivity contribution in [3.63, 3.8) is 0 Å². The molecule has 3 aromatic rings. The van der Waals surface area contributed by atoms with Crippen LogP contribution in [0, 0.1) is 4.91 Å². The van der Waals surface area contributed by atoms with E-state index in [9.17, 15) is 4.91 Å². The lowest BCUT2D eigenvalue weighted by molar-refractivity contribution is 0.415. The van der Waals surface area contributed by atoms with Crippen molar-refractivity contribution in [2.45, 2.75) is 0 Å². The fourth-order valence-corrected chi connectivity index (χ4v) is 2.00. The first-order valence-corrected chi connectivity index (χ1v) is 7.06. The van der Waals surface area contributed by atoms with Crippen molar-refractivity contribution in [2.75, 3.05) is 17.7 Å². The van der Waals surface area contributed by atoms with Gasteiger partial charge in [0.25, 0.3) is 0 Å². The maximum absolute atomic E-state index is 11.0. The Kier molecular flexibility index (Phi) is 4.32. The lowest BCUT2D eigenvalue weighted by Crippen LogP contribution is -2.02. The maximum Gasteiger partial charge on any atom is 0.230 e. The van der Waals surface area contributed by atoms with Gasteiger partial charge in [-0.3, -0.25) is 4.68 Å². The van der Waals surface area contributed by atoms with E-state index in [2.05, 4.69) is 30.9 Å². The van der Waals surface area contributed by atoms with Gasteiger partial charge in [0.2, 0.25) is 5.95 Å². The summed E-state index contributed by atoms with van der Waals surface area (Å²) < 4.78 is 6.76. The normalized spacial score (nSPS) is 10.2. The van der Waals surface area contributed by atoms with Gasteiger partial charge in [-0.05, 0) is 29.4 Å². The largest absolute Gasteiger partial charge is 0.497 e. The molecule has 1 aromatic carbocycles. The van der Waals surface area contributed by atoms with Gasteiger partial charge in [-0.25, -0.2) is 4.98 Å². The highest BCUT2D eigenvalue weighted by atomic mass is 16.5. The van der Waals surface area contributed by atoms with Crippen molar-refractivity contribution >= 4 is 29.0 Å². The third-order valence-electron chi connectivity index (χ3n) is 3.17. The fraction of sp³-hybridized carbons (Fsp3) is 0.133. The van der Waals surface area contributed by atoms with Crippen molar-refractivity contribution in [3.8, 4) is 5.75 Å². The predicted molar refractivity (Wildman–Crippen MR) is 90.3 cm³/mol. The number of benzene rings is 1. The van der Waals surface area contributed by atoms with Gasteiger partial charge in [0, 0.05) is 25.0 Å². The summed E-state index contributed by atoms with van der Waals surface area (Å²) >= 11 is 0. The fourth-order valence-electron chi connectivity index (χ4n) is 2.00. The van der Waals surface area contributed by atoms with E-state index in [0.29, 0.717) is 17.6 Å². The maximum atomic E-state index is 11.0. The van der Waals surface area contributed by atoms with Crippen LogP contribution in [0.15, 0.2) is 47.9 Å². The molecular weight excluding hydrogens is 310 g/mol. The first-order chi connectivity index (χ1) is 11.7.